The predicted octanol–water partition coefficient (Wildman–Crippen LogP) is 2.26. The van der Waals surface area contributed by atoms with Crippen LogP contribution in [0.25, 0.3) is 0 Å². The number of nitrogens with zero attached hydrogens (tertiary/aromatic N) is 1. The largest absolute Gasteiger partial charge is 0.495 e. The Hall–Kier alpha value is -2.03. The second kappa shape index (κ2) is 4.66. The van der Waals surface area contributed by atoms with Crippen LogP contribution in [0.1, 0.15) is 11.1 Å². The van der Waals surface area contributed by atoms with Gasteiger partial charge >= 0.3 is 0 Å². The third kappa shape index (κ3) is 2.14. The fourth-order valence-electron chi connectivity index (χ4n) is 1.64. The molecule has 0 bridgehead atoms. The van der Waals surface area contributed by atoms with Gasteiger partial charge in [0.15, 0.2) is 0 Å². The molecular weight excluding hydrogens is 200 g/mol. The molecule has 0 amide bonds. The number of pyridine rings is 1. The van der Waals surface area contributed by atoms with Crippen LogP contribution in [0.4, 0.5) is 5.69 Å². The molecule has 1 aromatic carbocycles. The van der Waals surface area contributed by atoms with Crippen molar-refractivity contribution < 1.29 is 4.74 Å². The van der Waals surface area contributed by atoms with Crippen molar-refractivity contribution in [3.05, 3.63) is 53.9 Å². The molecule has 16 heavy (non-hydrogen) atoms. The van der Waals surface area contributed by atoms with Crippen LogP contribution in [-0.4, -0.2) is 12.1 Å². The number of methoxy groups -OCH3 is 1. The number of para-hydroxylation sites is 1. The number of hydrogen-bond donors (Lipinski definition) is 1. The minimum atomic E-state index is 0.710. The smallest absolute Gasteiger partial charge is 0.142 e. The van der Waals surface area contributed by atoms with E-state index in [0.717, 1.165) is 17.7 Å². The van der Waals surface area contributed by atoms with E-state index in [1.807, 2.05) is 30.3 Å². The van der Waals surface area contributed by atoms with E-state index in [4.69, 9.17) is 10.5 Å². The van der Waals surface area contributed by atoms with Gasteiger partial charge in [-0.2, -0.15) is 0 Å². The Bertz CT molecular complexity index is 469. The Balaban J connectivity index is 2.28. The number of aromatic nitrogens is 1. The number of anilines is 1. The fraction of sp³-hybridized carbons (Fsp3) is 0.154. The van der Waals surface area contributed by atoms with E-state index < -0.39 is 0 Å². The summed E-state index contributed by atoms with van der Waals surface area (Å²) in [4.78, 5) is 3.99. The number of benzene rings is 1. The molecule has 3 heteroatoms. The molecule has 0 aliphatic heterocycles. The van der Waals surface area contributed by atoms with Crippen LogP contribution in [0.5, 0.6) is 5.75 Å². The molecule has 2 aromatic rings. The summed E-state index contributed by atoms with van der Waals surface area (Å²) < 4.78 is 5.19. The van der Waals surface area contributed by atoms with Crippen molar-refractivity contribution in [2.24, 2.45) is 0 Å². The summed E-state index contributed by atoms with van der Waals surface area (Å²) in [5, 5.41) is 0. The summed E-state index contributed by atoms with van der Waals surface area (Å²) in [7, 11) is 1.63. The summed E-state index contributed by atoms with van der Waals surface area (Å²) in [6, 6.07) is 9.80. The van der Waals surface area contributed by atoms with E-state index in [0.29, 0.717) is 5.69 Å². The van der Waals surface area contributed by atoms with Crippen LogP contribution in [-0.2, 0) is 6.42 Å². The zero-order valence-electron chi connectivity index (χ0n) is 9.18. The summed E-state index contributed by atoms with van der Waals surface area (Å²) in [5.41, 5.74) is 8.98. The third-order valence-electron chi connectivity index (χ3n) is 2.52. The Morgan fingerprint density at radius 3 is 2.62 bits per heavy atom. The van der Waals surface area contributed by atoms with Gasteiger partial charge in [-0.1, -0.05) is 12.1 Å². The van der Waals surface area contributed by atoms with E-state index in [-0.39, 0.29) is 0 Å². The van der Waals surface area contributed by atoms with Crippen LogP contribution < -0.4 is 10.5 Å². The molecule has 0 saturated carbocycles. The van der Waals surface area contributed by atoms with Crippen molar-refractivity contribution >= 4 is 5.69 Å². The number of ether oxygens (including phenoxy) is 1. The van der Waals surface area contributed by atoms with Crippen molar-refractivity contribution in [1.82, 2.24) is 4.98 Å². The molecule has 0 aliphatic rings. The highest BCUT2D eigenvalue weighted by Crippen LogP contribution is 2.26. The molecule has 0 unspecified atom stereocenters. The molecule has 0 spiro atoms. The van der Waals surface area contributed by atoms with Gasteiger partial charge in [0.25, 0.3) is 0 Å². The maximum atomic E-state index is 6.00. The van der Waals surface area contributed by atoms with Crippen LogP contribution in [0.2, 0.25) is 0 Å². The minimum Gasteiger partial charge on any atom is -0.495 e. The van der Waals surface area contributed by atoms with Crippen LogP contribution in [0, 0.1) is 0 Å². The molecule has 2 rings (SSSR count). The quantitative estimate of drug-likeness (QED) is 0.797. The Morgan fingerprint density at radius 2 is 1.94 bits per heavy atom. The van der Waals surface area contributed by atoms with Crippen LogP contribution in [0.15, 0.2) is 42.7 Å². The lowest BCUT2D eigenvalue weighted by Gasteiger charge is -2.09. The first-order valence-electron chi connectivity index (χ1n) is 5.11. The van der Waals surface area contributed by atoms with Crippen molar-refractivity contribution in [2.75, 3.05) is 12.8 Å². The van der Waals surface area contributed by atoms with Crippen molar-refractivity contribution in [3.8, 4) is 5.75 Å². The minimum absolute atomic E-state index is 0.710. The van der Waals surface area contributed by atoms with Crippen LogP contribution in [0.3, 0.4) is 0 Å². The van der Waals surface area contributed by atoms with E-state index in [1.54, 1.807) is 19.5 Å². The maximum absolute atomic E-state index is 6.00. The average Bonchev–Trinajstić information content (AvgIpc) is 2.33. The highest BCUT2D eigenvalue weighted by molar-refractivity contribution is 5.59. The van der Waals surface area contributed by atoms with Gasteiger partial charge in [0.05, 0.1) is 12.8 Å². The first kappa shape index (κ1) is 10.5. The molecule has 0 aliphatic carbocycles. The Morgan fingerprint density at radius 1 is 1.19 bits per heavy atom. The SMILES string of the molecule is COc1cccc(Cc2ccncc2)c1N. The van der Waals surface area contributed by atoms with Crippen molar-refractivity contribution in [2.45, 2.75) is 6.42 Å². The van der Waals surface area contributed by atoms with Gasteiger partial charge in [-0.05, 0) is 35.7 Å². The molecule has 2 N–H and O–H groups in total. The fourth-order valence-corrected chi connectivity index (χ4v) is 1.64. The van der Waals surface area contributed by atoms with Crippen molar-refractivity contribution in [1.29, 1.82) is 0 Å². The second-order valence-electron chi connectivity index (χ2n) is 3.57. The van der Waals surface area contributed by atoms with Gasteiger partial charge in [-0.15, -0.1) is 0 Å². The van der Waals surface area contributed by atoms with E-state index >= 15 is 0 Å². The number of nitrogens with two attached hydrogens (primary N) is 1. The molecule has 1 heterocycles. The highest BCUT2D eigenvalue weighted by Gasteiger charge is 2.05. The standard InChI is InChI=1S/C13H14N2O/c1-16-12-4-2-3-11(13(12)14)9-10-5-7-15-8-6-10/h2-8H,9,14H2,1H3. The van der Waals surface area contributed by atoms with Gasteiger partial charge in [-0.3, -0.25) is 4.98 Å². The van der Waals surface area contributed by atoms with Gasteiger partial charge in [-0.25, -0.2) is 0 Å². The maximum Gasteiger partial charge on any atom is 0.142 e. The zero-order valence-corrected chi connectivity index (χ0v) is 9.18. The van der Waals surface area contributed by atoms with Crippen LogP contribution >= 0.6 is 0 Å². The summed E-state index contributed by atoms with van der Waals surface area (Å²) >= 11 is 0. The van der Waals surface area contributed by atoms with E-state index in [1.165, 1.54) is 5.56 Å². The first-order chi connectivity index (χ1) is 7.81. The molecule has 0 radical (unpaired) electrons. The first-order valence-corrected chi connectivity index (χ1v) is 5.11. The van der Waals surface area contributed by atoms with Gasteiger partial charge in [0.1, 0.15) is 5.75 Å². The van der Waals surface area contributed by atoms with Gasteiger partial charge < -0.3 is 10.5 Å². The summed E-state index contributed by atoms with van der Waals surface area (Å²) in [5.74, 6) is 0.728. The lowest BCUT2D eigenvalue weighted by atomic mass is 10.0. The molecule has 0 fully saturated rings. The molecule has 0 atom stereocenters. The number of rotatable bonds is 3. The lowest BCUT2D eigenvalue weighted by Crippen LogP contribution is -1.99. The molecule has 3 nitrogen and oxygen atoms in total. The number of hydrogen-bond acceptors (Lipinski definition) is 3. The van der Waals surface area contributed by atoms with E-state index in [2.05, 4.69) is 4.98 Å². The molecule has 1 aromatic heterocycles. The lowest BCUT2D eigenvalue weighted by molar-refractivity contribution is 0.416. The van der Waals surface area contributed by atoms with E-state index in [9.17, 15) is 0 Å². The zero-order chi connectivity index (χ0) is 11.4. The summed E-state index contributed by atoms with van der Waals surface area (Å²) in [6.07, 6.45) is 4.36. The predicted molar refractivity (Wildman–Crippen MR) is 64.4 cm³/mol. The second-order valence-corrected chi connectivity index (χ2v) is 3.57. The topological polar surface area (TPSA) is 48.1 Å². The van der Waals surface area contributed by atoms with Gasteiger partial charge in [0.2, 0.25) is 0 Å². The normalized spacial score (nSPS) is 10.1. The molecule has 82 valence electrons. The van der Waals surface area contributed by atoms with Gasteiger partial charge in [0, 0.05) is 12.4 Å². The third-order valence-corrected chi connectivity index (χ3v) is 2.52. The number of nitrogen functional groups attached to an aromatic ring is 1. The summed E-state index contributed by atoms with van der Waals surface area (Å²) in [6.45, 7) is 0. The Kier molecular flexibility index (Phi) is 3.05. The molecule has 0 saturated heterocycles. The van der Waals surface area contributed by atoms with Crippen molar-refractivity contribution in [3.63, 3.8) is 0 Å². The average molecular weight is 214 g/mol. The monoisotopic (exact) mass is 214 g/mol. The Labute approximate surface area is 94.9 Å². The highest BCUT2D eigenvalue weighted by atomic mass is 16.5. The molecular formula is C13H14N2O.